The third-order valence-electron chi connectivity index (χ3n) is 3.15. The lowest BCUT2D eigenvalue weighted by molar-refractivity contribution is 0.916. The van der Waals surface area contributed by atoms with E-state index in [9.17, 15) is 4.79 Å². The molecule has 3 aromatic rings. The van der Waals surface area contributed by atoms with Crippen molar-refractivity contribution in [3.05, 3.63) is 51.4 Å². The van der Waals surface area contributed by atoms with E-state index in [0.717, 1.165) is 25.5 Å². The number of aromatic nitrogens is 2. The summed E-state index contributed by atoms with van der Waals surface area (Å²) in [5.41, 5.74) is 2.96. The Labute approximate surface area is 114 Å². The average Bonchev–Trinajstić information content (AvgIpc) is 2.72. The molecule has 0 fully saturated rings. The van der Waals surface area contributed by atoms with Gasteiger partial charge in [-0.25, -0.2) is 9.66 Å². The maximum absolute atomic E-state index is 12.2. The van der Waals surface area contributed by atoms with Crippen LogP contribution in [0.4, 0.5) is 0 Å². The van der Waals surface area contributed by atoms with E-state index in [1.165, 1.54) is 23.2 Å². The Morgan fingerprint density at radius 1 is 1.21 bits per heavy atom. The van der Waals surface area contributed by atoms with Gasteiger partial charge in [0.15, 0.2) is 0 Å². The zero-order chi connectivity index (χ0) is 13.6. The van der Waals surface area contributed by atoms with Crippen LogP contribution >= 0.6 is 11.3 Å². The second kappa shape index (κ2) is 4.20. The molecule has 0 aliphatic rings. The molecule has 0 aliphatic carbocycles. The Kier molecular flexibility index (Phi) is 2.64. The molecular weight excluding hydrogens is 258 g/mol. The minimum atomic E-state index is -0.204. The molecule has 0 aliphatic heterocycles. The van der Waals surface area contributed by atoms with Crippen LogP contribution in [0.2, 0.25) is 0 Å². The highest BCUT2D eigenvalue weighted by Gasteiger charge is 2.16. The topological polar surface area (TPSA) is 60.9 Å². The van der Waals surface area contributed by atoms with Gasteiger partial charge in [-0.05, 0) is 19.4 Å². The van der Waals surface area contributed by atoms with Crippen LogP contribution in [-0.2, 0) is 0 Å². The van der Waals surface area contributed by atoms with Crippen LogP contribution in [0.15, 0.2) is 35.4 Å². The Morgan fingerprint density at radius 2 is 1.89 bits per heavy atom. The number of benzene rings is 1. The molecule has 5 heteroatoms. The molecule has 0 unspecified atom stereocenters. The van der Waals surface area contributed by atoms with E-state index >= 15 is 0 Å². The predicted octanol–water partition coefficient (Wildman–Crippen LogP) is 2.46. The quantitative estimate of drug-likeness (QED) is 0.692. The number of hydrogen-bond acceptors (Lipinski definition) is 4. The van der Waals surface area contributed by atoms with Crippen molar-refractivity contribution < 1.29 is 0 Å². The van der Waals surface area contributed by atoms with Gasteiger partial charge in [0.1, 0.15) is 11.2 Å². The molecule has 0 amide bonds. The van der Waals surface area contributed by atoms with Crippen LogP contribution in [0.25, 0.3) is 21.3 Å². The predicted molar refractivity (Wildman–Crippen MR) is 78.9 cm³/mol. The van der Waals surface area contributed by atoms with Crippen molar-refractivity contribution >= 4 is 21.6 Å². The summed E-state index contributed by atoms with van der Waals surface area (Å²) in [5, 5.41) is 0.608. The van der Waals surface area contributed by atoms with Gasteiger partial charge >= 0.3 is 0 Å². The first-order valence-corrected chi connectivity index (χ1v) is 6.72. The van der Waals surface area contributed by atoms with Crippen molar-refractivity contribution in [3.63, 3.8) is 0 Å². The van der Waals surface area contributed by atoms with Gasteiger partial charge in [-0.2, -0.15) is 0 Å². The van der Waals surface area contributed by atoms with Crippen molar-refractivity contribution in [1.82, 2.24) is 9.66 Å². The van der Waals surface area contributed by atoms with Gasteiger partial charge < -0.3 is 5.84 Å². The highest BCUT2D eigenvalue weighted by atomic mass is 32.1. The largest absolute Gasteiger partial charge is 0.335 e. The number of hydrogen-bond donors (Lipinski definition) is 1. The maximum Gasteiger partial charge on any atom is 0.281 e. The number of nitrogens with zero attached hydrogens (tertiary/aromatic N) is 2. The Hall–Kier alpha value is -2.14. The number of rotatable bonds is 1. The number of nitrogen functional groups attached to an aromatic ring is 1. The lowest BCUT2D eigenvalue weighted by Crippen LogP contribution is -2.26. The zero-order valence-corrected chi connectivity index (χ0v) is 11.5. The number of nitrogens with two attached hydrogens (primary N) is 1. The number of aryl methyl sites for hydroxylation is 2. The van der Waals surface area contributed by atoms with Crippen LogP contribution in [0.3, 0.4) is 0 Å². The number of fused-ring (bicyclic) bond motifs is 1. The van der Waals surface area contributed by atoms with Crippen molar-refractivity contribution in [2.75, 3.05) is 5.84 Å². The molecule has 0 radical (unpaired) electrons. The Balaban J connectivity index is 2.40. The molecule has 3 rings (SSSR count). The summed E-state index contributed by atoms with van der Waals surface area (Å²) < 4.78 is 1.03. The van der Waals surface area contributed by atoms with E-state index < -0.39 is 0 Å². The van der Waals surface area contributed by atoms with Crippen molar-refractivity contribution in [2.45, 2.75) is 13.8 Å². The normalized spacial score (nSPS) is 11.1. The van der Waals surface area contributed by atoms with E-state index in [0.29, 0.717) is 5.39 Å². The van der Waals surface area contributed by atoms with Crippen molar-refractivity contribution in [2.24, 2.45) is 0 Å². The molecule has 19 heavy (non-hydrogen) atoms. The molecule has 0 spiro atoms. The van der Waals surface area contributed by atoms with E-state index in [1.54, 1.807) is 0 Å². The molecule has 0 bridgehead atoms. The summed E-state index contributed by atoms with van der Waals surface area (Å²) in [6.45, 7) is 4.04. The fraction of sp³-hybridized carbons (Fsp3) is 0.143. The van der Waals surface area contributed by atoms with E-state index in [1.807, 2.05) is 38.1 Å². The highest BCUT2D eigenvalue weighted by Crippen LogP contribution is 2.35. The van der Waals surface area contributed by atoms with Gasteiger partial charge in [0.05, 0.1) is 5.39 Å². The fourth-order valence-electron chi connectivity index (χ4n) is 2.18. The average molecular weight is 271 g/mol. The molecule has 0 atom stereocenters. The van der Waals surface area contributed by atoms with E-state index in [-0.39, 0.29) is 5.56 Å². The smallest absolute Gasteiger partial charge is 0.281 e. The second-order valence-electron chi connectivity index (χ2n) is 4.54. The first kappa shape index (κ1) is 11.9. The lowest BCUT2D eigenvalue weighted by Gasteiger charge is -2.03. The molecule has 2 aromatic heterocycles. The first-order valence-electron chi connectivity index (χ1n) is 5.91. The summed E-state index contributed by atoms with van der Waals surface area (Å²) in [6.07, 6.45) is 1.36. The van der Waals surface area contributed by atoms with Gasteiger partial charge in [-0.3, -0.25) is 4.79 Å². The van der Waals surface area contributed by atoms with Gasteiger partial charge in [0.2, 0.25) is 0 Å². The van der Waals surface area contributed by atoms with Gasteiger partial charge in [0.25, 0.3) is 5.56 Å². The van der Waals surface area contributed by atoms with Crippen LogP contribution in [0.1, 0.15) is 10.4 Å². The van der Waals surface area contributed by atoms with E-state index in [4.69, 9.17) is 5.84 Å². The van der Waals surface area contributed by atoms with Crippen LogP contribution in [0, 0.1) is 13.8 Å². The minimum absolute atomic E-state index is 0.204. The summed E-state index contributed by atoms with van der Waals surface area (Å²) in [7, 11) is 0. The third-order valence-corrected chi connectivity index (χ3v) is 4.17. The fourth-order valence-corrected chi connectivity index (χ4v) is 3.19. The highest BCUT2D eigenvalue weighted by molar-refractivity contribution is 7.19. The number of thiophene rings is 1. The summed E-state index contributed by atoms with van der Waals surface area (Å²) in [4.78, 5) is 18.2. The monoisotopic (exact) mass is 271 g/mol. The molecule has 0 saturated carbocycles. The summed E-state index contributed by atoms with van der Waals surface area (Å²) >= 11 is 1.52. The molecule has 4 nitrogen and oxygen atoms in total. The summed E-state index contributed by atoms with van der Waals surface area (Å²) in [6, 6.07) is 8.12. The molecule has 2 heterocycles. The summed E-state index contributed by atoms with van der Waals surface area (Å²) in [5.74, 6) is 5.61. The third kappa shape index (κ3) is 1.82. The van der Waals surface area contributed by atoms with Gasteiger partial charge in [-0.1, -0.05) is 29.8 Å². The molecule has 2 N–H and O–H groups in total. The molecule has 1 aromatic carbocycles. The van der Waals surface area contributed by atoms with Gasteiger partial charge in [0, 0.05) is 10.4 Å². The lowest BCUT2D eigenvalue weighted by atomic mass is 10.0. The van der Waals surface area contributed by atoms with Crippen molar-refractivity contribution in [1.29, 1.82) is 0 Å². The standard InChI is InChI=1S/C14H13N3OS/c1-8-3-5-10(6-4-8)11-9(2)19-13-12(11)14(18)17(15)7-16-13/h3-7H,15H2,1-2H3. The van der Waals surface area contributed by atoms with Crippen LogP contribution < -0.4 is 11.4 Å². The van der Waals surface area contributed by atoms with Crippen LogP contribution in [0.5, 0.6) is 0 Å². The first-order chi connectivity index (χ1) is 9.08. The molecule has 96 valence electrons. The molecular formula is C14H13N3OS. The Morgan fingerprint density at radius 3 is 2.58 bits per heavy atom. The SMILES string of the molecule is Cc1ccc(-c2c(C)sc3ncn(N)c(=O)c23)cc1. The second-order valence-corrected chi connectivity index (χ2v) is 5.74. The zero-order valence-electron chi connectivity index (χ0n) is 10.7. The van der Waals surface area contributed by atoms with Crippen LogP contribution in [-0.4, -0.2) is 9.66 Å². The van der Waals surface area contributed by atoms with Crippen molar-refractivity contribution in [3.8, 4) is 11.1 Å². The maximum atomic E-state index is 12.2. The van der Waals surface area contributed by atoms with Gasteiger partial charge in [-0.15, -0.1) is 11.3 Å². The molecule has 0 saturated heterocycles. The van der Waals surface area contributed by atoms with E-state index in [2.05, 4.69) is 4.98 Å². The Bertz CT molecular complexity index is 815. The minimum Gasteiger partial charge on any atom is -0.335 e.